The number of rotatable bonds is 5. The Hall–Kier alpha value is -4.06. The van der Waals surface area contributed by atoms with E-state index in [0.29, 0.717) is 28.4 Å². The molecule has 0 unspecified atom stereocenters. The second-order valence-corrected chi connectivity index (χ2v) is 11.6. The number of likely N-dealkylation sites (N-methyl/N-ethyl adjacent to an activating group) is 1. The van der Waals surface area contributed by atoms with Gasteiger partial charge in [-0.05, 0) is 48.9 Å². The Balaban J connectivity index is 1.57. The summed E-state index contributed by atoms with van der Waals surface area (Å²) in [6.07, 6.45) is 0. The van der Waals surface area contributed by atoms with Crippen LogP contribution in [0.25, 0.3) is 0 Å². The van der Waals surface area contributed by atoms with E-state index >= 15 is 4.39 Å². The van der Waals surface area contributed by atoms with Gasteiger partial charge in [0.1, 0.15) is 17.0 Å². The van der Waals surface area contributed by atoms with Crippen LogP contribution in [0, 0.1) is 28.8 Å². The highest BCUT2D eigenvalue weighted by atomic mass is 35.5. The van der Waals surface area contributed by atoms with E-state index in [-0.39, 0.29) is 28.4 Å². The van der Waals surface area contributed by atoms with Crippen molar-refractivity contribution in [3.8, 4) is 0 Å². The number of anilines is 2. The number of fused-ring (bicyclic) bond motifs is 3. The third kappa shape index (κ3) is 3.98. The van der Waals surface area contributed by atoms with Crippen molar-refractivity contribution < 1.29 is 28.4 Å². The van der Waals surface area contributed by atoms with Crippen LogP contribution >= 0.6 is 23.2 Å². The predicted octanol–water partition coefficient (Wildman–Crippen LogP) is 5.43. The smallest absolute Gasteiger partial charge is 0.338 e. The summed E-state index contributed by atoms with van der Waals surface area (Å²) in [6.45, 7) is 3.69. The lowest BCUT2D eigenvalue weighted by Crippen LogP contribution is -2.53. The van der Waals surface area contributed by atoms with Crippen LogP contribution in [0.5, 0.6) is 0 Å². The van der Waals surface area contributed by atoms with Gasteiger partial charge in [-0.25, -0.2) is 9.18 Å². The Morgan fingerprint density at radius 1 is 1.21 bits per heavy atom. The lowest BCUT2D eigenvalue weighted by Gasteiger charge is -2.40. The van der Waals surface area contributed by atoms with Crippen LogP contribution < -0.4 is 10.2 Å². The largest absolute Gasteiger partial charge is 0.465 e. The molecule has 1 N–H and O–H groups in total. The molecule has 2 amide bonds. The number of carbonyl (C=O) groups excluding carboxylic acids is 3. The Labute approximate surface area is 255 Å². The molecule has 6 rings (SSSR count). The molecule has 0 aromatic heterocycles. The second-order valence-electron chi connectivity index (χ2n) is 10.8. The van der Waals surface area contributed by atoms with Crippen molar-refractivity contribution in [2.45, 2.75) is 31.3 Å². The summed E-state index contributed by atoms with van der Waals surface area (Å²) in [6, 6.07) is 11.3. The first-order valence-electron chi connectivity index (χ1n) is 13.5. The maximum Gasteiger partial charge on any atom is 0.338 e. The van der Waals surface area contributed by atoms with Crippen molar-refractivity contribution in [3.05, 3.63) is 96.8 Å². The highest BCUT2D eigenvalue weighted by Gasteiger charge is 2.71. The number of esters is 1. The number of methoxy groups -OCH3 is 1. The number of ether oxygens (including phenoxy) is 1. The van der Waals surface area contributed by atoms with Crippen molar-refractivity contribution in [3.63, 3.8) is 0 Å². The van der Waals surface area contributed by atoms with Gasteiger partial charge in [0.2, 0.25) is 11.8 Å². The molecule has 13 heteroatoms. The van der Waals surface area contributed by atoms with Crippen LogP contribution in [0.15, 0.2) is 48.5 Å². The van der Waals surface area contributed by atoms with Gasteiger partial charge < -0.3 is 15.0 Å². The average Bonchev–Trinajstić information content (AvgIpc) is 3.55. The molecular formula is C30H25Cl2FN4O6. The molecule has 3 aliphatic heterocycles. The number of nitro groups is 1. The minimum Gasteiger partial charge on any atom is -0.465 e. The summed E-state index contributed by atoms with van der Waals surface area (Å²) in [5, 5.41) is 15.3. The van der Waals surface area contributed by atoms with Crippen molar-refractivity contribution >= 4 is 58.0 Å². The van der Waals surface area contributed by atoms with E-state index < -0.39 is 57.6 Å². The molecule has 3 heterocycles. The van der Waals surface area contributed by atoms with Crippen molar-refractivity contribution in [1.29, 1.82) is 0 Å². The molecule has 0 bridgehead atoms. The summed E-state index contributed by atoms with van der Waals surface area (Å²) in [5.74, 6) is -4.50. The molecule has 2 saturated heterocycles. The molecule has 3 aliphatic rings. The third-order valence-corrected chi connectivity index (χ3v) is 9.38. The second kappa shape index (κ2) is 10.3. The van der Waals surface area contributed by atoms with Crippen LogP contribution in [0.3, 0.4) is 0 Å². The third-order valence-electron chi connectivity index (χ3n) is 8.86. The number of hydrogen-bond donors (Lipinski definition) is 1. The zero-order chi connectivity index (χ0) is 31.0. The Bertz CT molecular complexity index is 1750. The first-order valence-corrected chi connectivity index (χ1v) is 14.2. The van der Waals surface area contributed by atoms with Gasteiger partial charge >= 0.3 is 5.97 Å². The molecule has 2 fully saturated rings. The number of nitrogens with one attached hydrogen (secondary N) is 1. The fraction of sp³-hybridized carbons (Fsp3) is 0.300. The van der Waals surface area contributed by atoms with Gasteiger partial charge in [0.15, 0.2) is 0 Å². The summed E-state index contributed by atoms with van der Waals surface area (Å²) >= 11 is 12.5. The number of benzene rings is 3. The standard InChI is InChI=1S/C30H25Cl2FN4O6/c1-4-36-23-13-35(21-10-14(2)17(28(39)43-3)12-22(21)37(41)42)27(38)24(23)25(16-6-5-7-19(32)26(16)33)30(36)18-9-8-15(31)11-20(18)34-29(30)40/h5-12,23-25H,4,13H2,1-3H3,(H,34,40)/t23-,24+,25-,30+/m0/s1. The minimum atomic E-state index is -1.49. The Morgan fingerprint density at radius 2 is 1.95 bits per heavy atom. The van der Waals surface area contributed by atoms with E-state index in [4.69, 9.17) is 27.9 Å². The molecule has 0 radical (unpaired) electrons. The molecule has 10 nitrogen and oxygen atoms in total. The van der Waals surface area contributed by atoms with Crippen molar-refractivity contribution in [2.24, 2.45) is 5.92 Å². The van der Waals surface area contributed by atoms with Gasteiger partial charge in [-0.15, -0.1) is 0 Å². The fourth-order valence-electron chi connectivity index (χ4n) is 7.23. The van der Waals surface area contributed by atoms with Crippen LogP contribution in [0.1, 0.15) is 39.9 Å². The quantitative estimate of drug-likeness (QED) is 0.227. The summed E-state index contributed by atoms with van der Waals surface area (Å²) in [5.41, 5.74) is -0.500. The minimum absolute atomic E-state index is 0.00398. The number of amides is 2. The zero-order valence-electron chi connectivity index (χ0n) is 23.2. The Morgan fingerprint density at radius 3 is 2.63 bits per heavy atom. The lowest BCUT2D eigenvalue weighted by atomic mass is 9.71. The van der Waals surface area contributed by atoms with Gasteiger partial charge in [0.05, 0.1) is 28.5 Å². The maximum absolute atomic E-state index is 15.9. The molecule has 0 saturated carbocycles. The van der Waals surface area contributed by atoms with Gasteiger partial charge in [0.25, 0.3) is 5.69 Å². The molecular weight excluding hydrogens is 602 g/mol. The monoisotopic (exact) mass is 626 g/mol. The van der Waals surface area contributed by atoms with E-state index in [1.54, 1.807) is 31.2 Å². The van der Waals surface area contributed by atoms with E-state index in [2.05, 4.69) is 5.32 Å². The molecule has 3 aromatic carbocycles. The van der Waals surface area contributed by atoms with Gasteiger partial charge in [-0.1, -0.05) is 48.3 Å². The average molecular weight is 627 g/mol. The predicted molar refractivity (Wildman–Crippen MR) is 157 cm³/mol. The van der Waals surface area contributed by atoms with E-state index in [9.17, 15) is 24.5 Å². The summed E-state index contributed by atoms with van der Waals surface area (Å²) in [4.78, 5) is 55.6. The van der Waals surface area contributed by atoms with Crippen LogP contribution in [-0.4, -0.2) is 53.8 Å². The summed E-state index contributed by atoms with van der Waals surface area (Å²) in [7, 11) is 1.17. The van der Waals surface area contributed by atoms with E-state index in [1.807, 2.05) is 11.8 Å². The Kier molecular flexibility index (Phi) is 6.95. The first-order chi connectivity index (χ1) is 20.5. The van der Waals surface area contributed by atoms with Crippen molar-refractivity contribution in [2.75, 3.05) is 30.4 Å². The van der Waals surface area contributed by atoms with Crippen LogP contribution in [-0.2, 0) is 19.9 Å². The molecule has 1 spiro atoms. The van der Waals surface area contributed by atoms with Gasteiger partial charge in [0, 0.05) is 40.8 Å². The van der Waals surface area contributed by atoms with Crippen molar-refractivity contribution in [1.82, 2.24) is 4.90 Å². The SMILES string of the molecule is CCN1[C@H]2CN(c3cc(C)c(C(=O)OC)cc3[N+](=O)[O-])C(=O)[C@H]2[C@H](c2cccc(Cl)c2F)[C@]12C(=O)Nc1cc(Cl)ccc12. The number of nitrogens with zero attached hydrogens (tertiary/aromatic N) is 3. The topological polar surface area (TPSA) is 122 Å². The zero-order valence-corrected chi connectivity index (χ0v) is 24.7. The normalized spacial score (nSPS) is 24.3. The fourth-order valence-corrected chi connectivity index (χ4v) is 7.59. The van der Waals surface area contributed by atoms with E-state index in [1.165, 1.54) is 30.2 Å². The van der Waals surface area contributed by atoms with Crippen LogP contribution in [0.4, 0.5) is 21.5 Å². The molecule has 222 valence electrons. The first kappa shape index (κ1) is 29.0. The molecule has 4 atom stereocenters. The van der Waals surface area contributed by atoms with Gasteiger partial charge in [-0.2, -0.15) is 0 Å². The number of aryl methyl sites for hydroxylation is 1. The highest BCUT2D eigenvalue weighted by molar-refractivity contribution is 6.31. The van der Waals surface area contributed by atoms with E-state index in [0.717, 1.165) is 6.07 Å². The highest BCUT2D eigenvalue weighted by Crippen LogP contribution is 2.62. The number of likely N-dealkylation sites (tertiary alicyclic amines) is 1. The maximum atomic E-state index is 15.9. The number of nitro benzene ring substituents is 1. The lowest BCUT2D eigenvalue weighted by molar-refractivity contribution is -0.384. The summed E-state index contributed by atoms with van der Waals surface area (Å²) < 4.78 is 20.7. The van der Waals surface area contributed by atoms with Gasteiger partial charge in [-0.3, -0.25) is 24.6 Å². The number of halogens is 3. The molecule has 43 heavy (non-hydrogen) atoms. The molecule has 0 aliphatic carbocycles. The molecule has 3 aromatic rings. The number of carbonyl (C=O) groups is 3. The van der Waals surface area contributed by atoms with Crippen LogP contribution in [0.2, 0.25) is 10.0 Å². The number of hydrogen-bond acceptors (Lipinski definition) is 7.